The van der Waals surface area contributed by atoms with Crippen LogP contribution in [0.3, 0.4) is 0 Å². The number of nitrogens with one attached hydrogen (secondary N) is 1. The Morgan fingerprint density at radius 2 is 2.00 bits per heavy atom. The highest BCUT2D eigenvalue weighted by Gasteiger charge is 2.27. The molecule has 0 bridgehead atoms. The summed E-state index contributed by atoms with van der Waals surface area (Å²) >= 11 is 0. The minimum atomic E-state index is -3.85. The summed E-state index contributed by atoms with van der Waals surface area (Å²) in [6, 6.07) is 2.37. The summed E-state index contributed by atoms with van der Waals surface area (Å²) in [7, 11) is -3.85. The first-order valence-corrected chi connectivity index (χ1v) is 7.95. The Labute approximate surface area is 129 Å². The van der Waals surface area contributed by atoms with Gasteiger partial charge in [-0.2, -0.15) is 0 Å². The third kappa shape index (κ3) is 3.77. The van der Waals surface area contributed by atoms with Crippen molar-refractivity contribution in [2.75, 3.05) is 11.0 Å². The van der Waals surface area contributed by atoms with Crippen LogP contribution >= 0.6 is 0 Å². The second-order valence-corrected chi connectivity index (χ2v) is 6.28. The van der Waals surface area contributed by atoms with Crippen molar-refractivity contribution in [3.63, 3.8) is 0 Å². The molecule has 7 nitrogen and oxygen atoms in total. The summed E-state index contributed by atoms with van der Waals surface area (Å²) in [6.07, 6.45) is 0.784. The second-order valence-electron chi connectivity index (χ2n) is 4.53. The Hall–Kier alpha value is -2.62. The quantitative estimate of drug-likeness (QED) is 0.822. The highest BCUT2D eigenvalue weighted by atomic mass is 32.2. The number of hydrogen-bond donors (Lipinski definition) is 2. The van der Waals surface area contributed by atoms with E-state index >= 15 is 0 Å². The number of benzene rings is 1. The van der Waals surface area contributed by atoms with E-state index in [4.69, 9.17) is 4.42 Å². The van der Waals surface area contributed by atoms with E-state index in [0.717, 1.165) is 31.4 Å². The summed E-state index contributed by atoms with van der Waals surface area (Å²) in [5.74, 6) is -5.37. The Morgan fingerprint density at radius 3 is 2.57 bits per heavy atom. The van der Waals surface area contributed by atoms with E-state index < -0.39 is 56.3 Å². The number of carbonyl (C=O) groups is 1. The number of furan rings is 1. The molecule has 2 aromatic rings. The van der Waals surface area contributed by atoms with Gasteiger partial charge in [0.25, 0.3) is 5.88 Å². The van der Waals surface area contributed by atoms with Crippen LogP contribution in [0, 0.1) is 11.6 Å². The number of rotatable bonds is 4. The van der Waals surface area contributed by atoms with E-state index in [9.17, 15) is 27.1 Å². The second kappa shape index (κ2) is 5.88. The summed E-state index contributed by atoms with van der Waals surface area (Å²) in [6.45, 7) is 0.999. The monoisotopic (exact) mass is 347 g/mol. The molecule has 2 rings (SSSR count). The third-order valence-electron chi connectivity index (χ3n) is 2.54. The Kier molecular flexibility index (Phi) is 4.28. The molecule has 1 aromatic heterocycles. The first-order chi connectivity index (χ1) is 10.6. The number of sulfonamides is 1. The Balaban J connectivity index is 2.66. The van der Waals surface area contributed by atoms with Gasteiger partial charge in [-0.1, -0.05) is 0 Å². The predicted molar refractivity (Wildman–Crippen MR) is 75.5 cm³/mol. The van der Waals surface area contributed by atoms with Gasteiger partial charge in [0.05, 0.1) is 11.8 Å². The highest BCUT2D eigenvalue weighted by Crippen LogP contribution is 2.47. The fourth-order valence-corrected chi connectivity index (χ4v) is 2.21. The van der Waals surface area contributed by atoms with Gasteiger partial charge < -0.3 is 14.3 Å². The van der Waals surface area contributed by atoms with E-state index in [-0.39, 0.29) is 0 Å². The number of anilines is 1. The number of carbonyl (C=O) groups excluding carboxylic acids is 1. The minimum Gasteiger partial charge on any atom is -0.502 e. The summed E-state index contributed by atoms with van der Waals surface area (Å²) in [5.41, 5.74) is -0.475. The molecule has 1 aromatic carbocycles. The Morgan fingerprint density at radius 1 is 1.35 bits per heavy atom. The van der Waals surface area contributed by atoms with Crippen LogP contribution in [0.25, 0.3) is 11.3 Å². The molecule has 0 radical (unpaired) electrons. The van der Waals surface area contributed by atoms with Crippen molar-refractivity contribution in [1.82, 2.24) is 0 Å². The molecule has 0 amide bonds. The zero-order chi connectivity index (χ0) is 17.4. The van der Waals surface area contributed by atoms with Gasteiger partial charge in [-0.25, -0.2) is 17.2 Å². The van der Waals surface area contributed by atoms with Crippen LogP contribution in [0.15, 0.2) is 22.6 Å². The van der Waals surface area contributed by atoms with Crippen LogP contribution in [0.5, 0.6) is 11.5 Å². The fourth-order valence-electron chi connectivity index (χ4n) is 1.74. The van der Waals surface area contributed by atoms with Gasteiger partial charge in [0.15, 0.2) is 5.76 Å². The molecule has 0 aliphatic heterocycles. The van der Waals surface area contributed by atoms with Gasteiger partial charge >= 0.3 is 5.97 Å². The van der Waals surface area contributed by atoms with Crippen LogP contribution < -0.4 is 9.46 Å². The zero-order valence-corrected chi connectivity index (χ0v) is 12.7. The van der Waals surface area contributed by atoms with Crippen molar-refractivity contribution < 1.29 is 36.3 Å². The van der Waals surface area contributed by atoms with E-state index in [0.29, 0.717) is 0 Å². The van der Waals surface area contributed by atoms with Crippen molar-refractivity contribution in [2.45, 2.75) is 6.92 Å². The van der Waals surface area contributed by atoms with Crippen molar-refractivity contribution >= 4 is 21.9 Å². The first kappa shape index (κ1) is 16.7. The maximum absolute atomic E-state index is 13.8. The van der Waals surface area contributed by atoms with Gasteiger partial charge in [0.2, 0.25) is 21.5 Å². The first-order valence-electron chi connectivity index (χ1n) is 6.06. The lowest BCUT2D eigenvalue weighted by atomic mass is 10.1. The van der Waals surface area contributed by atoms with Gasteiger partial charge in [-0.15, -0.1) is 0 Å². The van der Waals surface area contributed by atoms with E-state index in [1.54, 1.807) is 0 Å². The van der Waals surface area contributed by atoms with Crippen LogP contribution in [0.1, 0.15) is 6.92 Å². The molecule has 0 atom stereocenters. The molecule has 0 aliphatic rings. The van der Waals surface area contributed by atoms with E-state index in [2.05, 4.69) is 4.74 Å². The molecular weight excluding hydrogens is 336 g/mol. The average Bonchev–Trinajstić information content (AvgIpc) is 2.68. The van der Waals surface area contributed by atoms with Gasteiger partial charge in [0, 0.05) is 6.92 Å². The van der Waals surface area contributed by atoms with E-state index in [1.807, 2.05) is 4.72 Å². The zero-order valence-electron chi connectivity index (χ0n) is 11.9. The highest BCUT2D eigenvalue weighted by molar-refractivity contribution is 7.92. The molecule has 1 heterocycles. The van der Waals surface area contributed by atoms with Gasteiger partial charge in [0.1, 0.15) is 11.6 Å². The molecular formula is C13H11F2NO6S. The number of hydrogen-bond acceptors (Lipinski definition) is 6. The molecule has 0 fully saturated rings. The molecule has 0 unspecified atom stereocenters. The maximum Gasteiger partial charge on any atom is 0.308 e. The smallest absolute Gasteiger partial charge is 0.308 e. The average molecular weight is 347 g/mol. The topological polar surface area (TPSA) is 106 Å². The fraction of sp³-hybridized carbons (Fsp3) is 0.154. The van der Waals surface area contributed by atoms with Crippen molar-refractivity contribution in [2.24, 2.45) is 0 Å². The largest absolute Gasteiger partial charge is 0.502 e. The molecule has 23 heavy (non-hydrogen) atoms. The molecule has 0 saturated heterocycles. The van der Waals surface area contributed by atoms with Crippen LogP contribution in [0.4, 0.5) is 14.7 Å². The summed E-state index contributed by atoms with van der Waals surface area (Å²) < 4.78 is 61.2. The number of esters is 1. The van der Waals surface area contributed by atoms with Gasteiger partial charge in [-0.3, -0.25) is 9.52 Å². The summed E-state index contributed by atoms with van der Waals surface area (Å²) in [4.78, 5) is 11.1. The molecule has 10 heteroatoms. The van der Waals surface area contributed by atoms with Crippen molar-refractivity contribution in [1.29, 1.82) is 0 Å². The minimum absolute atomic E-state index is 0.475. The SMILES string of the molecule is CC(=O)Oc1c(NS(C)(=O)=O)oc(-c2cc(F)ccc2F)c1O. The molecule has 0 spiro atoms. The summed E-state index contributed by atoms with van der Waals surface area (Å²) in [5, 5.41) is 10.0. The number of ether oxygens (including phenoxy) is 1. The van der Waals surface area contributed by atoms with Crippen molar-refractivity contribution in [3.05, 3.63) is 29.8 Å². The Bertz CT molecular complexity index is 875. The molecule has 2 N–H and O–H groups in total. The number of halogens is 2. The lowest BCUT2D eigenvalue weighted by Gasteiger charge is -2.02. The maximum atomic E-state index is 13.8. The molecule has 0 saturated carbocycles. The predicted octanol–water partition coefficient (Wildman–Crippen LogP) is 2.23. The standard InChI is InChI=1S/C13H11F2NO6S/c1-6(17)21-12-10(18)11(22-13(12)16-23(2,19)20)8-5-7(14)3-4-9(8)15/h3-5,16,18H,1-2H3. The molecule has 124 valence electrons. The van der Waals surface area contributed by atoms with Gasteiger partial charge in [-0.05, 0) is 18.2 Å². The number of aromatic hydroxyl groups is 1. The van der Waals surface area contributed by atoms with Crippen LogP contribution in [0.2, 0.25) is 0 Å². The van der Waals surface area contributed by atoms with Crippen LogP contribution in [-0.4, -0.2) is 25.7 Å². The van der Waals surface area contributed by atoms with Crippen molar-refractivity contribution in [3.8, 4) is 22.8 Å². The van der Waals surface area contributed by atoms with E-state index in [1.165, 1.54) is 0 Å². The normalized spacial score (nSPS) is 11.3. The lowest BCUT2D eigenvalue weighted by Crippen LogP contribution is -2.11. The lowest BCUT2D eigenvalue weighted by molar-refractivity contribution is -0.131. The molecule has 0 aliphatic carbocycles. The third-order valence-corrected chi connectivity index (χ3v) is 3.09. The van der Waals surface area contributed by atoms with Crippen LogP contribution in [-0.2, 0) is 14.8 Å².